The number of hydrogen-bond donors (Lipinski definition) is 2. The van der Waals surface area contributed by atoms with Crippen LogP contribution in [0.25, 0.3) is 0 Å². The van der Waals surface area contributed by atoms with Gasteiger partial charge in [0.15, 0.2) is 0 Å². The Kier molecular flexibility index (Phi) is 3.18. The van der Waals surface area contributed by atoms with Gasteiger partial charge in [0.25, 0.3) is 0 Å². The quantitative estimate of drug-likeness (QED) is 0.715. The zero-order valence-corrected chi connectivity index (χ0v) is 11.4. The van der Waals surface area contributed by atoms with Crippen molar-refractivity contribution in [2.75, 3.05) is 13.1 Å². The predicted octanol–water partition coefficient (Wildman–Crippen LogP) is 0.368. The van der Waals surface area contributed by atoms with Gasteiger partial charge in [0.1, 0.15) is 5.41 Å². The molecule has 6 heteroatoms. The van der Waals surface area contributed by atoms with Crippen molar-refractivity contribution >= 4 is 17.8 Å². The van der Waals surface area contributed by atoms with Crippen molar-refractivity contribution in [1.82, 2.24) is 10.2 Å². The molecule has 2 aliphatic heterocycles. The first-order valence-electron chi connectivity index (χ1n) is 7.35. The highest BCUT2D eigenvalue weighted by atomic mass is 16.4. The molecule has 1 aliphatic carbocycles. The summed E-state index contributed by atoms with van der Waals surface area (Å²) >= 11 is 0. The second-order valence-corrected chi connectivity index (χ2v) is 6.25. The summed E-state index contributed by atoms with van der Waals surface area (Å²) in [5.74, 6) is -0.831. The van der Waals surface area contributed by atoms with E-state index in [4.69, 9.17) is 0 Å². The van der Waals surface area contributed by atoms with Gasteiger partial charge in [0, 0.05) is 25.6 Å². The van der Waals surface area contributed by atoms with Gasteiger partial charge in [-0.05, 0) is 31.6 Å². The van der Waals surface area contributed by atoms with Crippen LogP contribution in [0.1, 0.15) is 38.5 Å². The number of carbonyl (C=O) groups is 3. The molecule has 1 saturated carbocycles. The van der Waals surface area contributed by atoms with Gasteiger partial charge >= 0.3 is 5.97 Å². The van der Waals surface area contributed by atoms with Crippen molar-refractivity contribution in [3.63, 3.8) is 0 Å². The number of nitrogens with zero attached hydrogens (tertiary/aromatic N) is 1. The highest BCUT2D eigenvalue weighted by Gasteiger charge is 2.53. The number of aliphatic carboxylic acids is 1. The van der Waals surface area contributed by atoms with E-state index in [9.17, 15) is 19.5 Å². The van der Waals surface area contributed by atoms with E-state index in [0.717, 1.165) is 19.3 Å². The van der Waals surface area contributed by atoms with Crippen molar-refractivity contribution in [3.8, 4) is 0 Å². The summed E-state index contributed by atoms with van der Waals surface area (Å²) in [6.45, 7) is 1.13. The van der Waals surface area contributed by atoms with Gasteiger partial charge in [-0.15, -0.1) is 0 Å². The smallest absolute Gasteiger partial charge is 0.319 e. The zero-order chi connectivity index (χ0) is 14.3. The molecule has 0 aromatic rings. The fourth-order valence-corrected chi connectivity index (χ4v) is 3.65. The zero-order valence-electron chi connectivity index (χ0n) is 11.4. The van der Waals surface area contributed by atoms with Crippen LogP contribution < -0.4 is 5.32 Å². The normalized spacial score (nSPS) is 31.8. The molecule has 2 unspecified atom stereocenters. The minimum Gasteiger partial charge on any atom is -0.480 e. The third kappa shape index (κ3) is 1.98. The summed E-state index contributed by atoms with van der Waals surface area (Å²) in [7, 11) is 0. The van der Waals surface area contributed by atoms with Crippen molar-refractivity contribution in [3.05, 3.63) is 0 Å². The average molecular weight is 280 g/mol. The molecular weight excluding hydrogens is 260 g/mol. The van der Waals surface area contributed by atoms with Gasteiger partial charge in [0.2, 0.25) is 11.8 Å². The molecular formula is C14H20N2O4. The van der Waals surface area contributed by atoms with Crippen LogP contribution in [-0.4, -0.2) is 46.9 Å². The van der Waals surface area contributed by atoms with Crippen LogP contribution in [0.4, 0.5) is 0 Å². The fourth-order valence-electron chi connectivity index (χ4n) is 3.65. The molecule has 110 valence electrons. The van der Waals surface area contributed by atoms with Crippen LogP contribution in [0.5, 0.6) is 0 Å². The lowest BCUT2D eigenvalue weighted by atomic mass is 9.67. The summed E-state index contributed by atoms with van der Waals surface area (Å²) in [4.78, 5) is 37.0. The molecule has 3 rings (SSSR count). The van der Waals surface area contributed by atoms with Gasteiger partial charge in [-0.1, -0.05) is 6.42 Å². The standard InChI is InChI=1S/C14H20N2O4/c17-11-3-2-9-8-16(7-4-10(9)15-11)12(18)14(13(19)20)5-1-6-14/h9-10H,1-8H2,(H,15,17)(H,19,20). The molecule has 2 N–H and O–H groups in total. The Balaban J connectivity index is 1.69. The van der Waals surface area contributed by atoms with Gasteiger partial charge in [-0.3, -0.25) is 14.4 Å². The Labute approximate surface area is 117 Å². The number of nitrogens with one attached hydrogen (secondary N) is 1. The first kappa shape index (κ1) is 13.4. The lowest BCUT2D eigenvalue weighted by molar-refractivity contribution is -0.168. The summed E-state index contributed by atoms with van der Waals surface area (Å²) in [5, 5.41) is 12.3. The number of carboxylic acids is 1. The topological polar surface area (TPSA) is 86.7 Å². The maximum absolute atomic E-state index is 12.5. The highest BCUT2D eigenvalue weighted by Crippen LogP contribution is 2.43. The van der Waals surface area contributed by atoms with Gasteiger partial charge in [-0.2, -0.15) is 0 Å². The largest absolute Gasteiger partial charge is 0.480 e. The molecule has 2 atom stereocenters. The number of likely N-dealkylation sites (tertiary alicyclic amines) is 1. The van der Waals surface area contributed by atoms with E-state index in [0.29, 0.717) is 32.4 Å². The van der Waals surface area contributed by atoms with Gasteiger partial charge in [-0.25, -0.2) is 0 Å². The molecule has 20 heavy (non-hydrogen) atoms. The summed E-state index contributed by atoms with van der Waals surface area (Å²) in [6.07, 6.45) is 3.77. The fraction of sp³-hybridized carbons (Fsp3) is 0.786. The van der Waals surface area contributed by atoms with Crippen LogP contribution in [0, 0.1) is 11.3 Å². The number of piperidine rings is 2. The van der Waals surface area contributed by atoms with Crippen molar-refractivity contribution in [2.45, 2.75) is 44.6 Å². The van der Waals surface area contributed by atoms with Gasteiger partial charge in [0.05, 0.1) is 0 Å². The monoisotopic (exact) mass is 280 g/mol. The molecule has 2 saturated heterocycles. The third-order valence-electron chi connectivity index (χ3n) is 5.14. The van der Waals surface area contributed by atoms with Crippen molar-refractivity contribution in [2.24, 2.45) is 11.3 Å². The number of rotatable bonds is 2. The third-order valence-corrected chi connectivity index (χ3v) is 5.14. The van der Waals surface area contributed by atoms with E-state index in [-0.39, 0.29) is 23.8 Å². The lowest BCUT2D eigenvalue weighted by Crippen LogP contribution is -2.59. The van der Waals surface area contributed by atoms with Crippen LogP contribution in [-0.2, 0) is 14.4 Å². The minimum absolute atomic E-state index is 0.0898. The second-order valence-electron chi connectivity index (χ2n) is 6.25. The average Bonchev–Trinajstić information content (AvgIpc) is 2.36. The summed E-state index contributed by atoms with van der Waals surface area (Å²) in [5.41, 5.74) is -1.16. The van der Waals surface area contributed by atoms with E-state index < -0.39 is 11.4 Å². The molecule has 3 aliphatic rings. The predicted molar refractivity (Wildman–Crippen MR) is 69.8 cm³/mol. The molecule has 2 heterocycles. The van der Waals surface area contributed by atoms with E-state index in [1.165, 1.54) is 0 Å². The first-order chi connectivity index (χ1) is 9.53. The number of carboxylic acid groups (broad SMARTS) is 1. The Bertz CT molecular complexity index is 458. The minimum atomic E-state index is -1.16. The van der Waals surface area contributed by atoms with Crippen LogP contribution in [0.2, 0.25) is 0 Å². The van der Waals surface area contributed by atoms with E-state index in [2.05, 4.69) is 5.32 Å². The molecule has 0 radical (unpaired) electrons. The number of carbonyl (C=O) groups excluding carboxylic acids is 2. The first-order valence-corrected chi connectivity index (χ1v) is 7.35. The molecule has 0 spiro atoms. The Hall–Kier alpha value is -1.59. The van der Waals surface area contributed by atoms with Crippen molar-refractivity contribution in [1.29, 1.82) is 0 Å². The van der Waals surface area contributed by atoms with Crippen LogP contribution in [0.15, 0.2) is 0 Å². The number of fused-ring (bicyclic) bond motifs is 1. The Morgan fingerprint density at radius 1 is 1.30 bits per heavy atom. The van der Waals surface area contributed by atoms with E-state index >= 15 is 0 Å². The maximum atomic E-state index is 12.5. The van der Waals surface area contributed by atoms with Crippen LogP contribution >= 0.6 is 0 Å². The number of amides is 2. The SMILES string of the molecule is O=C1CCC2CN(C(=O)C3(C(=O)O)CCC3)CCC2N1. The lowest BCUT2D eigenvalue weighted by Gasteiger charge is -2.46. The molecule has 0 bridgehead atoms. The van der Waals surface area contributed by atoms with E-state index in [1.54, 1.807) is 4.90 Å². The number of hydrogen-bond acceptors (Lipinski definition) is 3. The molecule has 0 aromatic carbocycles. The second kappa shape index (κ2) is 4.75. The highest BCUT2D eigenvalue weighted by molar-refractivity contribution is 6.02. The van der Waals surface area contributed by atoms with Crippen molar-refractivity contribution < 1.29 is 19.5 Å². The molecule has 6 nitrogen and oxygen atoms in total. The maximum Gasteiger partial charge on any atom is 0.319 e. The van der Waals surface area contributed by atoms with Crippen LogP contribution in [0.3, 0.4) is 0 Å². The van der Waals surface area contributed by atoms with Gasteiger partial charge < -0.3 is 15.3 Å². The molecule has 3 fully saturated rings. The summed E-state index contributed by atoms with van der Waals surface area (Å²) in [6, 6.07) is 0.155. The molecule has 2 amide bonds. The van der Waals surface area contributed by atoms with E-state index in [1.807, 2.05) is 0 Å². The Morgan fingerprint density at radius 3 is 2.65 bits per heavy atom. The Morgan fingerprint density at radius 2 is 2.05 bits per heavy atom. The molecule has 0 aromatic heterocycles. The summed E-state index contributed by atoms with van der Waals surface area (Å²) < 4.78 is 0.